The fraction of sp³-hybridized carbons (Fsp3) is 0.500. The van der Waals surface area contributed by atoms with Crippen LogP contribution in [0.1, 0.15) is 38.7 Å². The molecule has 0 radical (unpaired) electrons. The van der Waals surface area contributed by atoms with E-state index in [9.17, 15) is 14.7 Å². The molecule has 2 unspecified atom stereocenters. The minimum Gasteiger partial charge on any atom is -0.481 e. The highest BCUT2D eigenvalue weighted by Gasteiger charge is 2.36. The first kappa shape index (κ1) is 15.4. The van der Waals surface area contributed by atoms with Gasteiger partial charge in [-0.1, -0.05) is 39.0 Å². The van der Waals surface area contributed by atoms with Gasteiger partial charge in [0.25, 0.3) is 0 Å². The average Bonchev–Trinajstić information content (AvgIpc) is 2.84. The standard InChI is InChI=1S/C16H22N2O3/c1-4-13(10(2)3)17-16(21)18-9-12(15(19)20)11-7-5-6-8-14(11)18/h5-8,10,12-13H,4,9H2,1-3H3,(H,17,21)(H,19,20). The number of nitrogens with one attached hydrogen (secondary N) is 1. The van der Waals surface area contributed by atoms with Crippen LogP contribution in [-0.2, 0) is 4.79 Å². The number of benzene rings is 1. The van der Waals surface area contributed by atoms with Crippen molar-refractivity contribution >= 4 is 17.7 Å². The molecule has 0 spiro atoms. The summed E-state index contributed by atoms with van der Waals surface area (Å²) in [6.07, 6.45) is 0.848. The average molecular weight is 290 g/mol. The maximum Gasteiger partial charge on any atom is 0.322 e. The Hall–Kier alpha value is -2.04. The highest BCUT2D eigenvalue weighted by molar-refractivity contribution is 5.98. The number of carbonyl (C=O) groups excluding carboxylic acids is 1. The summed E-state index contributed by atoms with van der Waals surface area (Å²) in [5.41, 5.74) is 1.40. The molecule has 0 aromatic heterocycles. The highest BCUT2D eigenvalue weighted by atomic mass is 16.4. The number of urea groups is 1. The Morgan fingerprint density at radius 1 is 1.38 bits per heavy atom. The zero-order valence-corrected chi connectivity index (χ0v) is 12.7. The number of amides is 2. The van der Waals surface area contributed by atoms with Crippen LogP contribution in [0.2, 0.25) is 0 Å². The van der Waals surface area contributed by atoms with Crippen molar-refractivity contribution in [2.45, 2.75) is 39.2 Å². The van der Waals surface area contributed by atoms with Crippen LogP contribution in [0.4, 0.5) is 10.5 Å². The maximum absolute atomic E-state index is 12.5. The Bertz CT molecular complexity index is 542. The molecule has 1 aromatic carbocycles. The van der Waals surface area contributed by atoms with E-state index in [4.69, 9.17) is 0 Å². The number of rotatable bonds is 4. The number of carbonyl (C=O) groups is 2. The molecule has 0 saturated carbocycles. The van der Waals surface area contributed by atoms with E-state index >= 15 is 0 Å². The second-order valence-electron chi connectivity index (χ2n) is 5.77. The van der Waals surface area contributed by atoms with Gasteiger partial charge in [0.2, 0.25) is 0 Å². The van der Waals surface area contributed by atoms with Gasteiger partial charge in [-0.2, -0.15) is 0 Å². The Morgan fingerprint density at radius 2 is 2.05 bits per heavy atom. The topological polar surface area (TPSA) is 69.6 Å². The zero-order chi connectivity index (χ0) is 15.6. The molecular weight excluding hydrogens is 268 g/mol. The van der Waals surface area contributed by atoms with Gasteiger partial charge >= 0.3 is 12.0 Å². The van der Waals surface area contributed by atoms with Crippen LogP contribution in [0, 0.1) is 5.92 Å². The van der Waals surface area contributed by atoms with E-state index in [1.54, 1.807) is 23.1 Å². The molecule has 0 fully saturated rings. The number of carboxylic acid groups (broad SMARTS) is 1. The number of aliphatic carboxylic acids is 1. The number of hydrogen-bond acceptors (Lipinski definition) is 2. The molecule has 0 bridgehead atoms. The van der Waals surface area contributed by atoms with Gasteiger partial charge in [-0.3, -0.25) is 9.69 Å². The second-order valence-corrected chi connectivity index (χ2v) is 5.77. The summed E-state index contributed by atoms with van der Waals surface area (Å²) >= 11 is 0. The van der Waals surface area contributed by atoms with Gasteiger partial charge in [0, 0.05) is 18.3 Å². The molecule has 0 aliphatic carbocycles. The van der Waals surface area contributed by atoms with E-state index in [1.165, 1.54) is 0 Å². The minimum absolute atomic E-state index is 0.0912. The van der Waals surface area contributed by atoms with Gasteiger partial charge in [-0.05, 0) is 24.0 Å². The van der Waals surface area contributed by atoms with Gasteiger partial charge in [0.05, 0.1) is 0 Å². The largest absolute Gasteiger partial charge is 0.481 e. The Morgan fingerprint density at radius 3 is 2.62 bits per heavy atom. The van der Waals surface area contributed by atoms with Crippen molar-refractivity contribution in [3.63, 3.8) is 0 Å². The van der Waals surface area contributed by atoms with Crippen LogP contribution in [0.25, 0.3) is 0 Å². The molecule has 2 atom stereocenters. The van der Waals surface area contributed by atoms with Crippen molar-refractivity contribution in [1.82, 2.24) is 5.32 Å². The normalized spacial score (nSPS) is 18.5. The Balaban J connectivity index is 2.22. The molecule has 1 aliphatic rings. The first-order valence-corrected chi connectivity index (χ1v) is 7.35. The van der Waals surface area contributed by atoms with Gasteiger partial charge in [0.15, 0.2) is 0 Å². The summed E-state index contributed by atoms with van der Waals surface area (Å²) in [4.78, 5) is 25.4. The Labute approximate surface area is 125 Å². The van der Waals surface area contributed by atoms with Crippen molar-refractivity contribution in [3.8, 4) is 0 Å². The molecule has 0 saturated heterocycles. The first-order valence-electron chi connectivity index (χ1n) is 7.35. The number of para-hydroxylation sites is 1. The van der Waals surface area contributed by atoms with E-state index in [2.05, 4.69) is 19.2 Å². The van der Waals surface area contributed by atoms with Crippen molar-refractivity contribution in [2.24, 2.45) is 5.92 Å². The van der Waals surface area contributed by atoms with Crippen LogP contribution in [-0.4, -0.2) is 29.7 Å². The fourth-order valence-electron chi connectivity index (χ4n) is 2.79. The molecule has 5 heteroatoms. The summed E-state index contributed by atoms with van der Waals surface area (Å²) in [6.45, 7) is 6.34. The van der Waals surface area contributed by atoms with Crippen molar-refractivity contribution < 1.29 is 14.7 Å². The monoisotopic (exact) mass is 290 g/mol. The summed E-state index contributed by atoms with van der Waals surface area (Å²) in [5.74, 6) is -1.20. The molecule has 21 heavy (non-hydrogen) atoms. The lowest BCUT2D eigenvalue weighted by Gasteiger charge is -2.25. The maximum atomic E-state index is 12.5. The molecule has 2 rings (SSSR count). The summed E-state index contributed by atoms with van der Waals surface area (Å²) in [6, 6.07) is 7.08. The quantitative estimate of drug-likeness (QED) is 0.896. The molecule has 1 aliphatic heterocycles. The number of fused-ring (bicyclic) bond motifs is 1. The molecule has 2 amide bonds. The smallest absolute Gasteiger partial charge is 0.322 e. The number of hydrogen-bond donors (Lipinski definition) is 2. The predicted octanol–water partition coefficient (Wildman–Crippen LogP) is 2.82. The first-order chi connectivity index (χ1) is 9.95. The van der Waals surface area contributed by atoms with Gasteiger partial charge in [-0.15, -0.1) is 0 Å². The lowest BCUT2D eigenvalue weighted by Crippen LogP contribution is -2.46. The molecule has 1 aromatic rings. The van der Waals surface area contributed by atoms with Crippen molar-refractivity contribution in [2.75, 3.05) is 11.4 Å². The number of carboxylic acids is 1. The van der Waals surface area contributed by atoms with Crippen LogP contribution < -0.4 is 10.2 Å². The Kier molecular flexibility index (Phi) is 4.50. The summed E-state index contributed by atoms with van der Waals surface area (Å²) in [7, 11) is 0. The van der Waals surface area contributed by atoms with Gasteiger partial charge < -0.3 is 10.4 Å². The molecular formula is C16H22N2O3. The fourth-order valence-corrected chi connectivity index (χ4v) is 2.79. The van der Waals surface area contributed by atoms with Crippen LogP contribution >= 0.6 is 0 Å². The van der Waals surface area contributed by atoms with Crippen LogP contribution in [0.5, 0.6) is 0 Å². The molecule has 114 valence electrons. The van der Waals surface area contributed by atoms with E-state index < -0.39 is 11.9 Å². The third-order valence-electron chi connectivity index (χ3n) is 4.06. The molecule has 5 nitrogen and oxygen atoms in total. The third-order valence-corrected chi connectivity index (χ3v) is 4.06. The highest BCUT2D eigenvalue weighted by Crippen LogP contribution is 2.36. The lowest BCUT2D eigenvalue weighted by molar-refractivity contribution is -0.138. The van der Waals surface area contributed by atoms with E-state index in [0.29, 0.717) is 17.2 Å². The zero-order valence-electron chi connectivity index (χ0n) is 12.7. The summed E-state index contributed by atoms with van der Waals surface area (Å²) < 4.78 is 0. The SMILES string of the molecule is CCC(NC(=O)N1CC(C(=O)O)c2ccccc21)C(C)C. The predicted molar refractivity (Wildman–Crippen MR) is 81.6 cm³/mol. The number of nitrogens with zero attached hydrogens (tertiary/aromatic N) is 1. The van der Waals surface area contributed by atoms with Gasteiger partial charge in [0.1, 0.15) is 5.92 Å². The minimum atomic E-state index is -0.895. The van der Waals surface area contributed by atoms with E-state index in [-0.39, 0.29) is 18.6 Å². The van der Waals surface area contributed by atoms with Gasteiger partial charge in [-0.25, -0.2) is 4.79 Å². The van der Waals surface area contributed by atoms with Crippen LogP contribution in [0.3, 0.4) is 0 Å². The summed E-state index contributed by atoms with van der Waals surface area (Å²) in [5, 5.41) is 12.3. The van der Waals surface area contributed by atoms with E-state index in [0.717, 1.165) is 6.42 Å². The third kappa shape index (κ3) is 3.01. The van der Waals surface area contributed by atoms with Crippen molar-refractivity contribution in [1.29, 1.82) is 0 Å². The van der Waals surface area contributed by atoms with E-state index in [1.807, 2.05) is 13.0 Å². The molecule has 1 heterocycles. The molecule has 2 N–H and O–H groups in total. The number of anilines is 1. The van der Waals surface area contributed by atoms with Crippen molar-refractivity contribution in [3.05, 3.63) is 29.8 Å². The van der Waals surface area contributed by atoms with Crippen LogP contribution in [0.15, 0.2) is 24.3 Å². The second kappa shape index (κ2) is 6.16. The lowest BCUT2D eigenvalue weighted by atomic mass is 10.0.